The Bertz CT molecular complexity index is 1540. The lowest BCUT2D eigenvalue weighted by Crippen LogP contribution is -2.66. The Hall–Kier alpha value is -2.13. The quantitative estimate of drug-likeness (QED) is 0.0961. The molecule has 0 radical (unpaired) electrons. The Labute approximate surface area is 366 Å². The van der Waals surface area contributed by atoms with Crippen molar-refractivity contribution in [3.8, 4) is 0 Å². The number of rotatable bonds is 16. The normalized spacial score (nSPS) is 41.6. The number of amides is 2. The summed E-state index contributed by atoms with van der Waals surface area (Å²) in [7, 11) is 0. The number of hydrogen-bond donors (Lipinski definition) is 5. The van der Waals surface area contributed by atoms with Crippen LogP contribution in [0.5, 0.6) is 0 Å². The lowest BCUT2D eigenvalue weighted by molar-refractivity contribution is -0.397. The van der Waals surface area contributed by atoms with Crippen LogP contribution in [0.2, 0.25) is 0 Å². The van der Waals surface area contributed by atoms with Crippen LogP contribution in [-0.4, -0.2) is 105 Å². The van der Waals surface area contributed by atoms with Crippen molar-refractivity contribution in [2.45, 2.75) is 232 Å². The number of hydrogen-bond acceptors (Lipinski definition) is 10. The summed E-state index contributed by atoms with van der Waals surface area (Å²) in [5, 5.41) is 39.2. The van der Waals surface area contributed by atoms with Gasteiger partial charge in [0.15, 0.2) is 11.6 Å². The molecule has 0 aromatic rings. The summed E-state index contributed by atoms with van der Waals surface area (Å²) in [5.74, 6) is -5.94. The van der Waals surface area contributed by atoms with Crippen molar-refractivity contribution >= 4 is 17.8 Å². The number of carboxylic acid groups (broad SMARTS) is 1. The van der Waals surface area contributed by atoms with E-state index in [0.29, 0.717) is 57.8 Å². The molecule has 2 amide bonds. The molecular formula is C48H82N2O11. The Balaban J connectivity index is 1.40. The first-order chi connectivity index (χ1) is 28.7. The van der Waals surface area contributed by atoms with Crippen LogP contribution < -0.4 is 10.6 Å². The largest absolute Gasteiger partial charge is 0.481 e. The number of ketones is 1. The van der Waals surface area contributed by atoms with E-state index in [-0.39, 0.29) is 53.9 Å². The minimum Gasteiger partial charge on any atom is -0.481 e. The van der Waals surface area contributed by atoms with Gasteiger partial charge in [0.05, 0.1) is 53.7 Å². The molecule has 5 aliphatic rings. The molecule has 5 rings (SSSR count). The van der Waals surface area contributed by atoms with Gasteiger partial charge in [-0.25, -0.2) is 4.79 Å². The molecule has 5 N–H and O–H groups in total. The molecule has 13 heteroatoms. The highest BCUT2D eigenvalue weighted by Crippen LogP contribution is 2.54. The Morgan fingerprint density at radius 1 is 0.836 bits per heavy atom. The standard InChI is InChI=1S/C48H82N2O11/c1-13-33(14-2)49-44(55)50-37-20-23-47(61-48(37)25-24-45(12,60-48)38-21-22-46(56,17-5)32(11)57-38)29(8)26-28(7)42(59-47)35(16-4)40(52)30(9)39(51)31(10)41-27(6)18-19-36(58-41)34(15-3)43(53)54/h20,23,27-39,41-42,51,56H,13-19,21-22,24-26H2,1-12H3,(H,53,54)(H2,49,50,55)/t27-,28-,29+,30-,31-,32-,34+,35?,36+,37?,38+,39+,41+,42-,45-,46+,47-,48-/m0/s1. The molecule has 0 bridgehead atoms. The second-order valence-corrected chi connectivity index (χ2v) is 20.1. The van der Waals surface area contributed by atoms with Gasteiger partial charge >= 0.3 is 12.0 Å². The first-order valence-electron chi connectivity index (χ1n) is 24.0. The second kappa shape index (κ2) is 19.9. The number of carbonyl (C=O) groups excluding carboxylic acids is 2. The monoisotopic (exact) mass is 863 g/mol. The van der Waals surface area contributed by atoms with Crippen LogP contribution >= 0.6 is 0 Å². The van der Waals surface area contributed by atoms with Gasteiger partial charge in [-0.1, -0.05) is 75.3 Å². The number of aliphatic carboxylic acids is 1. The summed E-state index contributed by atoms with van der Waals surface area (Å²) < 4.78 is 34.6. The van der Waals surface area contributed by atoms with Crippen LogP contribution in [0.4, 0.5) is 4.79 Å². The summed E-state index contributed by atoms with van der Waals surface area (Å²) in [4.78, 5) is 40.2. The Morgan fingerprint density at radius 3 is 2.10 bits per heavy atom. The van der Waals surface area contributed by atoms with E-state index in [2.05, 4.69) is 31.4 Å². The summed E-state index contributed by atoms with van der Waals surface area (Å²) in [5.41, 5.74) is -1.70. The topological polar surface area (TPSA) is 182 Å². The van der Waals surface area contributed by atoms with E-state index in [1.165, 1.54) is 0 Å². The minimum absolute atomic E-state index is 0.0113. The molecule has 4 saturated heterocycles. The number of ether oxygens (including phenoxy) is 5. The maximum atomic E-state index is 14.7. The third-order valence-corrected chi connectivity index (χ3v) is 16.1. The van der Waals surface area contributed by atoms with Gasteiger partial charge in [-0.15, -0.1) is 0 Å². The molecule has 2 spiro atoms. The van der Waals surface area contributed by atoms with E-state index < -0.39 is 76.8 Å². The number of aliphatic hydroxyl groups excluding tert-OH is 1. The maximum absolute atomic E-state index is 14.7. The molecular weight excluding hydrogens is 781 g/mol. The van der Waals surface area contributed by atoms with E-state index >= 15 is 0 Å². The number of urea groups is 1. The van der Waals surface area contributed by atoms with Crippen molar-refractivity contribution in [3.05, 3.63) is 12.2 Å². The molecule has 2 unspecified atom stereocenters. The van der Waals surface area contributed by atoms with Crippen molar-refractivity contribution in [1.82, 2.24) is 10.6 Å². The molecule has 5 aliphatic heterocycles. The van der Waals surface area contributed by atoms with Gasteiger partial charge in [-0.05, 0) is 102 Å². The zero-order chi connectivity index (χ0) is 45.2. The van der Waals surface area contributed by atoms with Crippen LogP contribution in [0.1, 0.15) is 160 Å². The SMILES string of the molecule is CCC(CC)NC(=O)NC1C=C[C@]2(O[C@H](C(CC)C(=O)[C@@H](C)[C@@H](O)[C@H](C)[C@@H]3O[C@@H]([C@@H](CC)C(=O)O)CC[C@@H]3C)[C@@H](C)C[C@H]2C)O[C@@]12CC[C@@](C)([C@H]1CC[C@](O)(CC)[C@H](C)O1)O2. The predicted octanol–water partition coefficient (Wildman–Crippen LogP) is 7.68. The van der Waals surface area contributed by atoms with Crippen molar-refractivity contribution in [2.24, 2.45) is 41.4 Å². The Kier molecular flexibility index (Phi) is 16.3. The molecule has 0 aromatic carbocycles. The van der Waals surface area contributed by atoms with Crippen molar-refractivity contribution in [2.75, 3.05) is 0 Å². The fourth-order valence-corrected chi connectivity index (χ4v) is 11.5. The van der Waals surface area contributed by atoms with Crippen LogP contribution in [0.15, 0.2) is 12.2 Å². The molecule has 350 valence electrons. The van der Waals surface area contributed by atoms with E-state index in [1.807, 2.05) is 67.5 Å². The molecule has 18 atom stereocenters. The van der Waals surface area contributed by atoms with E-state index in [0.717, 1.165) is 19.3 Å². The van der Waals surface area contributed by atoms with Crippen LogP contribution in [0.25, 0.3) is 0 Å². The number of aliphatic hydroxyl groups is 2. The third-order valence-electron chi connectivity index (χ3n) is 16.1. The van der Waals surface area contributed by atoms with Gasteiger partial charge in [0.25, 0.3) is 0 Å². The van der Waals surface area contributed by atoms with E-state index in [9.17, 15) is 29.7 Å². The molecule has 0 aromatic heterocycles. The number of Topliss-reactive ketones (excluding diaryl/α,β-unsaturated/α-hetero) is 1. The van der Waals surface area contributed by atoms with Crippen LogP contribution in [0.3, 0.4) is 0 Å². The highest BCUT2D eigenvalue weighted by atomic mass is 16.8. The maximum Gasteiger partial charge on any atom is 0.315 e. The van der Waals surface area contributed by atoms with Gasteiger partial charge in [0, 0.05) is 36.1 Å². The van der Waals surface area contributed by atoms with Gasteiger partial charge in [-0.2, -0.15) is 0 Å². The smallest absolute Gasteiger partial charge is 0.315 e. The second-order valence-electron chi connectivity index (χ2n) is 20.1. The molecule has 0 saturated carbocycles. The highest BCUT2D eigenvalue weighted by Gasteiger charge is 2.63. The summed E-state index contributed by atoms with van der Waals surface area (Å²) >= 11 is 0. The van der Waals surface area contributed by atoms with Crippen LogP contribution in [0, 0.1) is 41.4 Å². The van der Waals surface area contributed by atoms with E-state index in [1.54, 1.807) is 6.92 Å². The molecule has 61 heavy (non-hydrogen) atoms. The minimum atomic E-state index is -1.32. The average Bonchev–Trinajstić information content (AvgIpc) is 3.57. The molecule has 4 fully saturated rings. The molecule has 13 nitrogen and oxygen atoms in total. The van der Waals surface area contributed by atoms with Crippen molar-refractivity contribution < 1.29 is 53.4 Å². The summed E-state index contributed by atoms with van der Waals surface area (Å²) in [6.45, 7) is 23.8. The third kappa shape index (κ3) is 10.1. The average molecular weight is 863 g/mol. The van der Waals surface area contributed by atoms with Gasteiger partial charge in [-0.3, -0.25) is 9.59 Å². The fourth-order valence-electron chi connectivity index (χ4n) is 11.5. The number of nitrogens with one attached hydrogen (secondary N) is 2. The lowest BCUT2D eigenvalue weighted by atomic mass is 9.72. The van der Waals surface area contributed by atoms with Gasteiger partial charge < -0.3 is 49.6 Å². The summed E-state index contributed by atoms with van der Waals surface area (Å²) in [6, 6.07) is -0.964. The Morgan fingerprint density at radius 2 is 1.51 bits per heavy atom. The number of carboxylic acids is 1. The number of carbonyl (C=O) groups is 3. The zero-order valence-electron chi connectivity index (χ0n) is 39.4. The lowest BCUT2D eigenvalue weighted by Gasteiger charge is -2.55. The van der Waals surface area contributed by atoms with Crippen molar-refractivity contribution in [3.63, 3.8) is 0 Å². The van der Waals surface area contributed by atoms with Gasteiger partial charge in [0.1, 0.15) is 11.8 Å². The first kappa shape index (κ1) is 49.9. The van der Waals surface area contributed by atoms with Crippen LogP contribution in [-0.2, 0) is 33.3 Å². The fraction of sp³-hybridized carbons (Fsp3) is 0.896. The predicted molar refractivity (Wildman–Crippen MR) is 232 cm³/mol. The summed E-state index contributed by atoms with van der Waals surface area (Å²) in [6.07, 6.45) is 8.24. The highest BCUT2D eigenvalue weighted by molar-refractivity contribution is 5.84. The van der Waals surface area contributed by atoms with Gasteiger partial charge in [0.2, 0.25) is 0 Å². The van der Waals surface area contributed by atoms with E-state index in [4.69, 9.17) is 23.7 Å². The first-order valence-corrected chi connectivity index (χ1v) is 24.0. The molecule has 5 heterocycles. The molecule has 0 aliphatic carbocycles. The van der Waals surface area contributed by atoms with Crippen molar-refractivity contribution in [1.29, 1.82) is 0 Å². The zero-order valence-corrected chi connectivity index (χ0v) is 39.4.